The molecule has 0 saturated carbocycles. The molecular weight excluding hydrogens is 382 g/mol. The van der Waals surface area contributed by atoms with Crippen molar-refractivity contribution in [3.05, 3.63) is 45.1 Å². The monoisotopic (exact) mass is 397 g/mol. The van der Waals surface area contributed by atoms with E-state index in [2.05, 4.69) is 36.9 Å². The van der Waals surface area contributed by atoms with Crippen LogP contribution in [0.4, 0.5) is 0 Å². The van der Waals surface area contributed by atoms with E-state index in [1.54, 1.807) is 16.9 Å². The molecule has 1 fully saturated rings. The molecule has 0 atom stereocenters. The van der Waals surface area contributed by atoms with E-state index in [-0.39, 0.29) is 5.91 Å². The minimum atomic E-state index is -0.246. The summed E-state index contributed by atoms with van der Waals surface area (Å²) < 4.78 is 2.70. The van der Waals surface area contributed by atoms with E-state index in [1.165, 1.54) is 0 Å². The number of piperidine rings is 1. The Morgan fingerprint density at radius 3 is 2.96 bits per heavy atom. The number of benzene rings is 1. The zero-order chi connectivity index (χ0) is 16.2. The van der Waals surface area contributed by atoms with Crippen molar-refractivity contribution in [2.45, 2.75) is 25.4 Å². The van der Waals surface area contributed by atoms with Gasteiger partial charge in [-0.2, -0.15) is 0 Å². The van der Waals surface area contributed by atoms with Crippen LogP contribution < -0.4 is 10.6 Å². The lowest BCUT2D eigenvalue weighted by molar-refractivity contribution is 0.0946. The third kappa shape index (κ3) is 4.10. The van der Waals surface area contributed by atoms with Crippen molar-refractivity contribution >= 4 is 33.4 Å². The van der Waals surface area contributed by atoms with E-state index < -0.39 is 0 Å². The Hall–Kier alpha value is -1.44. The third-order valence-corrected chi connectivity index (χ3v) is 4.73. The predicted molar refractivity (Wildman–Crippen MR) is 91.5 cm³/mol. The highest BCUT2D eigenvalue weighted by molar-refractivity contribution is 9.10. The first-order valence-corrected chi connectivity index (χ1v) is 8.65. The number of carbonyl (C=O) groups is 1. The van der Waals surface area contributed by atoms with E-state index in [0.29, 0.717) is 23.3 Å². The molecule has 0 radical (unpaired) electrons. The van der Waals surface area contributed by atoms with Gasteiger partial charge in [0.05, 0.1) is 12.2 Å². The molecule has 2 heterocycles. The Kier molecular flexibility index (Phi) is 5.30. The maximum absolute atomic E-state index is 12.2. The Labute approximate surface area is 147 Å². The molecule has 1 amide bonds. The second kappa shape index (κ2) is 7.42. The van der Waals surface area contributed by atoms with Gasteiger partial charge in [-0.1, -0.05) is 38.8 Å². The second-order valence-corrected chi connectivity index (χ2v) is 6.81. The fourth-order valence-corrected chi connectivity index (χ4v) is 3.30. The van der Waals surface area contributed by atoms with Crippen molar-refractivity contribution in [3.8, 4) is 0 Å². The Morgan fingerprint density at radius 2 is 2.22 bits per heavy atom. The molecule has 1 saturated heterocycles. The molecule has 1 aliphatic rings. The second-order valence-electron chi connectivity index (χ2n) is 5.48. The number of rotatable bonds is 4. The number of hydrogen-bond donors (Lipinski definition) is 2. The van der Waals surface area contributed by atoms with Crippen LogP contribution in [0.5, 0.6) is 0 Å². The Bertz CT molecular complexity index is 699. The van der Waals surface area contributed by atoms with E-state index in [4.69, 9.17) is 11.6 Å². The molecule has 1 aliphatic heterocycles. The molecule has 1 aromatic carbocycles. The van der Waals surface area contributed by atoms with Crippen molar-refractivity contribution in [1.82, 2.24) is 25.6 Å². The molecule has 23 heavy (non-hydrogen) atoms. The van der Waals surface area contributed by atoms with Crippen LogP contribution in [0.15, 0.2) is 28.9 Å². The number of carbonyl (C=O) groups excluding carboxylic acids is 1. The highest BCUT2D eigenvalue weighted by Gasteiger charge is 2.18. The summed E-state index contributed by atoms with van der Waals surface area (Å²) in [6, 6.07) is 5.88. The lowest BCUT2D eigenvalue weighted by Gasteiger charge is -2.22. The first-order valence-electron chi connectivity index (χ1n) is 7.48. The number of amides is 1. The summed E-state index contributed by atoms with van der Waals surface area (Å²) in [4.78, 5) is 12.2. The van der Waals surface area contributed by atoms with Crippen LogP contribution in [0.2, 0.25) is 5.02 Å². The summed E-state index contributed by atoms with van der Waals surface area (Å²) in [5, 5.41) is 14.8. The van der Waals surface area contributed by atoms with Gasteiger partial charge in [-0.25, -0.2) is 4.68 Å². The molecule has 2 aromatic rings. The SMILES string of the molecule is O=C(NCc1ccc(Br)cc1Cl)c1cn(C2CCNCC2)nn1. The predicted octanol–water partition coefficient (Wildman–Crippen LogP) is 2.55. The van der Waals surface area contributed by atoms with Crippen LogP contribution >= 0.6 is 27.5 Å². The minimum Gasteiger partial charge on any atom is -0.346 e. The molecule has 8 heteroatoms. The van der Waals surface area contributed by atoms with Gasteiger partial charge in [-0.15, -0.1) is 5.10 Å². The summed E-state index contributed by atoms with van der Waals surface area (Å²) in [5.41, 5.74) is 1.19. The zero-order valence-corrected chi connectivity index (χ0v) is 14.8. The fraction of sp³-hybridized carbons (Fsp3) is 0.400. The largest absolute Gasteiger partial charge is 0.346 e. The third-order valence-electron chi connectivity index (χ3n) is 3.88. The molecule has 3 rings (SSSR count). The van der Waals surface area contributed by atoms with Crippen LogP contribution in [-0.4, -0.2) is 34.0 Å². The van der Waals surface area contributed by atoms with Crippen LogP contribution in [-0.2, 0) is 6.54 Å². The topological polar surface area (TPSA) is 71.8 Å². The molecule has 0 bridgehead atoms. The summed E-state index contributed by atoms with van der Waals surface area (Å²) in [6.07, 6.45) is 3.71. The molecule has 0 aliphatic carbocycles. The normalized spacial score (nSPS) is 15.6. The lowest BCUT2D eigenvalue weighted by Crippen LogP contribution is -2.29. The summed E-state index contributed by atoms with van der Waals surface area (Å²) in [6.45, 7) is 2.29. The number of nitrogens with zero attached hydrogens (tertiary/aromatic N) is 3. The minimum absolute atomic E-state index is 0.246. The van der Waals surface area contributed by atoms with E-state index in [9.17, 15) is 4.79 Å². The van der Waals surface area contributed by atoms with Gasteiger partial charge >= 0.3 is 0 Å². The quantitative estimate of drug-likeness (QED) is 0.830. The highest BCUT2D eigenvalue weighted by atomic mass is 79.9. The smallest absolute Gasteiger partial charge is 0.273 e. The summed E-state index contributed by atoms with van der Waals surface area (Å²) in [5.74, 6) is -0.246. The zero-order valence-electron chi connectivity index (χ0n) is 12.4. The van der Waals surface area contributed by atoms with Crippen LogP contribution in [0.1, 0.15) is 34.9 Å². The molecular formula is C15H17BrClN5O. The average molecular weight is 399 g/mol. The lowest BCUT2D eigenvalue weighted by atomic mass is 10.1. The molecule has 122 valence electrons. The van der Waals surface area contributed by atoms with Gasteiger partial charge in [0, 0.05) is 16.0 Å². The van der Waals surface area contributed by atoms with Crippen LogP contribution in [0.25, 0.3) is 0 Å². The Balaban J connectivity index is 1.61. The molecule has 1 aromatic heterocycles. The van der Waals surface area contributed by atoms with E-state index in [1.807, 2.05) is 12.1 Å². The number of nitrogens with one attached hydrogen (secondary N) is 2. The van der Waals surface area contributed by atoms with Crippen LogP contribution in [0.3, 0.4) is 0 Å². The first kappa shape index (κ1) is 16.4. The van der Waals surface area contributed by atoms with Gasteiger partial charge < -0.3 is 10.6 Å². The van der Waals surface area contributed by atoms with Crippen molar-refractivity contribution < 1.29 is 4.79 Å². The molecule has 6 nitrogen and oxygen atoms in total. The van der Waals surface area contributed by atoms with Gasteiger partial charge in [-0.05, 0) is 43.6 Å². The number of halogens is 2. The maximum Gasteiger partial charge on any atom is 0.273 e. The van der Waals surface area contributed by atoms with E-state index >= 15 is 0 Å². The standard InChI is InChI=1S/C15H17BrClN5O/c16-11-2-1-10(13(17)7-11)8-19-15(23)14-9-22(21-20-14)12-3-5-18-6-4-12/h1-2,7,9,12,18H,3-6,8H2,(H,19,23). The molecule has 0 spiro atoms. The molecule has 2 N–H and O–H groups in total. The van der Waals surface area contributed by atoms with E-state index in [0.717, 1.165) is 36.0 Å². The van der Waals surface area contributed by atoms with Crippen LogP contribution in [0, 0.1) is 0 Å². The van der Waals surface area contributed by atoms with Crippen molar-refractivity contribution in [3.63, 3.8) is 0 Å². The first-order chi connectivity index (χ1) is 11.1. The summed E-state index contributed by atoms with van der Waals surface area (Å²) >= 11 is 9.50. The van der Waals surface area contributed by atoms with Gasteiger partial charge in [0.1, 0.15) is 0 Å². The Morgan fingerprint density at radius 1 is 1.43 bits per heavy atom. The van der Waals surface area contributed by atoms with Crippen molar-refractivity contribution in [2.24, 2.45) is 0 Å². The molecule has 0 unspecified atom stereocenters. The fourth-order valence-electron chi connectivity index (χ4n) is 2.56. The summed E-state index contributed by atoms with van der Waals surface area (Å²) in [7, 11) is 0. The average Bonchev–Trinajstić information content (AvgIpc) is 3.05. The van der Waals surface area contributed by atoms with Gasteiger partial charge in [0.25, 0.3) is 5.91 Å². The van der Waals surface area contributed by atoms with Crippen molar-refractivity contribution in [1.29, 1.82) is 0 Å². The van der Waals surface area contributed by atoms with Crippen molar-refractivity contribution in [2.75, 3.05) is 13.1 Å². The highest BCUT2D eigenvalue weighted by Crippen LogP contribution is 2.21. The number of aromatic nitrogens is 3. The van der Waals surface area contributed by atoms with Gasteiger partial charge in [0.15, 0.2) is 5.69 Å². The number of hydrogen-bond acceptors (Lipinski definition) is 4. The maximum atomic E-state index is 12.2. The van der Waals surface area contributed by atoms with Gasteiger partial charge in [-0.3, -0.25) is 4.79 Å². The van der Waals surface area contributed by atoms with Gasteiger partial charge in [0.2, 0.25) is 0 Å².